The van der Waals surface area contributed by atoms with Gasteiger partial charge in [0.05, 0.1) is 22.1 Å². The van der Waals surface area contributed by atoms with Gasteiger partial charge in [0.25, 0.3) is 11.5 Å². The van der Waals surface area contributed by atoms with E-state index in [4.69, 9.17) is 32.4 Å². The molecule has 2 aromatic heterocycles. The Balaban J connectivity index is 1.27. The van der Waals surface area contributed by atoms with Gasteiger partial charge >= 0.3 is 0 Å². The number of furan rings is 1. The van der Waals surface area contributed by atoms with Gasteiger partial charge in [-0.15, -0.1) is 0 Å². The fraction of sp³-hybridized carbons (Fsp3) is 0.0625. The van der Waals surface area contributed by atoms with Crippen LogP contribution in [0.5, 0.6) is 5.75 Å². The standard InChI is InChI=1S/C32H22Cl2N4O4/c1-19-6-2-4-8-25(19)36-30(39)18-41-28-12-10-20(14-24(28)34)17-35-38-31(37-26-9-5-3-7-23(26)32(38)40)29-16-21-15-22(33)11-13-27(21)42-29/h2-17H,18H2,1H3,(H,36,39). The van der Waals surface area contributed by atoms with Crippen molar-refractivity contribution in [1.82, 2.24) is 9.66 Å². The zero-order chi connectivity index (χ0) is 29.2. The van der Waals surface area contributed by atoms with Crippen molar-refractivity contribution in [3.63, 3.8) is 0 Å². The lowest BCUT2D eigenvalue weighted by Gasteiger charge is -2.11. The van der Waals surface area contributed by atoms with E-state index in [0.29, 0.717) is 44.3 Å². The molecule has 2 heterocycles. The summed E-state index contributed by atoms with van der Waals surface area (Å²) in [4.78, 5) is 30.6. The predicted molar refractivity (Wildman–Crippen MR) is 166 cm³/mol. The smallest absolute Gasteiger partial charge is 0.282 e. The molecule has 0 saturated carbocycles. The number of aryl methyl sites for hydroxylation is 1. The van der Waals surface area contributed by atoms with Gasteiger partial charge < -0.3 is 14.5 Å². The van der Waals surface area contributed by atoms with Gasteiger partial charge in [0, 0.05) is 16.1 Å². The molecule has 0 aliphatic heterocycles. The fourth-order valence-corrected chi connectivity index (χ4v) is 4.82. The third kappa shape index (κ3) is 5.63. The van der Waals surface area contributed by atoms with E-state index >= 15 is 0 Å². The van der Waals surface area contributed by atoms with Crippen LogP contribution in [0.1, 0.15) is 11.1 Å². The molecule has 10 heteroatoms. The minimum Gasteiger partial charge on any atom is -0.482 e. The van der Waals surface area contributed by atoms with Crippen LogP contribution in [0.25, 0.3) is 33.5 Å². The van der Waals surface area contributed by atoms with Crippen LogP contribution in [0.15, 0.2) is 105 Å². The number of halogens is 2. The molecule has 8 nitrogen and oxygen atoms in total. The molecule has 0 saturated heterocycles. The number of ether oxygens (including phenoxy) is 1. The summed E-state index contributed by atoms with van der Waals surface area (Å²) in [5, 5.41) is 9.29. The second kappa shape index (κ2) is 11.5. The topological polar surface area (TPSA) is 98.7 Å². The van der Waals surface area contributed by atoms with Crippen molar-refractivity contribution in [3.8, 4) is 17.3 Å². The van der Waals surface area contributed by atoms with Crippen molar-refractivity contribution in [2.75, 3.05) is 11.9 Å². The Labute approximate surface area is 249 Å². The zero-order valence-corrected chi connectivity index (χ0v) is 23.7. The highest BCUT2D eigenvalue weighted by Crippen LogP contribution is 2.29. The van der Waals surface area contributed by atoms with Crippen LogP contribution >= 0.6 is 23.2 Å². The number of nitrogens with zero attached hydrogens (tertiary/aromatic N) is 3. The van der Waals surface area contributed by atoms with Gasteiger partial charge in [0.2, 0.25) is 5.82 Å². The van der Waals surface area contributed by atoms with Gasteiger partial charge in [-0.3, -0.25) is 9.59 Å². The van der Waals surface area contributed by atoms with Gasteiger partial charge in [-0.1, -0.05) is 53.5 Å². The number of para-hydroxylation sites is 2. The SMILES string of the molecule is Cc1ccccc1NC(=O)COc1ccc(C=Nn2c(-c3cc4cc(Cl)ccc4o3)nc3ccccc3c2=O)cc1Cl. The monoisotopic (exact) mass is 596 g/mol. The molecule has 4 aromatic carbocycles. The van der Waals surface area contributed by atoms with Crippen LogP contribution in [0.2, 0.25) is 10.0 Å². The van der Waals surface area contributed by atoms with Crippen LogP contribution in [0.3, 0.4) is 0 Å². The molecule has 0 atom stereocenters. The molecular formula is C32H22Cl2N4O4. The first kappa shape index (κ1) is 27.3. The quantitative estimate of drug-likeness (QED) is 0.195. The van der Waals surface area contributed by atoms with E-state index < -0.39 is 0 Å². The van der Waals surface area contributed by atoms with Crippen LogP contribution in [0.4, 0.5) is 5.69 Å². The Hall–Kier alpha value is -4.92. The van der Waals surface area contributed by atoms with Gasteiger partial charge in [0.15, 0.2) is 12.4 Å². The summed E-state index contributed by atoms with van der Waals surface area (Å²) in [6.45, 7) is 1.69. The molecule has 1 N–H and O–H groups in total. The normalized spacial score (nSPS) is 11.4. The molecule has 0 unspecified atom stereocenters. The highest BCUT2D eigenvalue weighted by Gasteiger charge is 2.17. The molecule has 6 aromatic rings. The van der Waals surface area contributed by atoms with E-state index in [2.05, 4.69) is 15.4 Å². The Morgan fingerprint density at radius 1 is 1.02 bits per heavy atom. The van der Waals surface area contributed by atoms with Crippen LogP contribution in [0, 0.1) is 6.92 Å². The number of hydrogen-bond donors (Lipinski definition) is 1. The Kier molecular flexibility index (Phi) is 7.48. The molecule has 42 heavy (non-hydrogen) atoms. The van der Waals surface area contributed by atoms with Crippen molar-refractivity contribution < 1.29 is 13.9 Å². The molecule has 208 valence electrons. The highest BCUT2D eigenvalue weighted by atomic mass is 35.5. The molecule has 0 aliphatic carbocycles. The van der Waals surface area contributed by atoms with E-state index in [9.17, 15) is 9.59 Å². The first-order valence-corrected chi connectivity index (χ1v) is 13.6. The number of fused-ring (bicyclic) bond motifs is 2. The van der Waals surface area contributed by atoms with E-state index in [1.807, 2.05) is 37.3 Å². The van der Waals surface area contributed by atoms with E-state index in [0.717, 1.165) is 10.9 Å². The second-order valence-corrected chi connectivity index (χ2v) is 10.3. The summed E-state index contributed by atoms with van der Waals surface area (Å²) in [6, 6.07) is 26.5. The molecule has 6 rings (SSSR count). The maximum absolute atomic E-state index is 13.5. The zero-order valence-electron chi connectivity index (χ0n) is 22.2. The first-order valence-electron chi connectivity index (χ1n) is 12.9. The summed E-state index contributed by atoms with van der Waals surface area (Å²) >= 11 is 12.6. The predicted octanol–water partition coefficient (Wildman–Crippen LogP) is 7.32. The molecule has 0 radical (unpaired) electrons. The van der Waals surface area contributed by atoms with Crippen molar-refractivity contribution in [3.05, 3.63) is 123 Å². The maximum atomic E-state index is 13.5. The molecule has 0 aliphatic rings. The van der Waals surface area contributed by atoms with Crippen molar-refractivity contribution in [2.45, 2.75) is 6.92 Å². The summed E-state index contributed by atoms with van der Waals surface area (Å²) in [5.74, 6) is 0.612. The van der Waals surface area contributed by atoms with Crippen molar-refractivity contribution in [2.24, 2.45) is 5.10 Å². The number of aromatic nitrogens is 2. The number of nitrogens with one attached hydrogen (secondary N) is 1. The van der Waals surface area contributed by atoms with E-state index in [1.54, 1.807) is 60.7 Å². The summed E-state index contributed by atoms with van der Waals surface area (Å²) in [5.41, 5.74) is 3.00. The summed E-state index contributed by atoms with van der Waals surface area (Å²) in [7, 11) is 0. The third-order valence-corrected chi connectivity index (χ3v) is 7.04. The van der Waals surface area contributed by atoms with E-state index in [-0.39, 0.29) is 28.9 Å². The first-order chi connectivity index (χ1) is 20.4. The lowest BCUT2D eigenvalue weighted by atomic mass is 10.2. The van der Waals surface area contributed by atoms with Gasteiger partial charge in [-0.2, -0.15) is 9.78 Å². The molecular weight excluding hydrogens is 575 g/mol. The third-order valence-electron chi connectivity index (χ3n) is 6.51. The number of hydrogen-bond acceptors (Lipinski definition) is 6. The Morgan fingerprint density at radius 3 is 2.67 bits per heavy atom. The minimum absolute atomic E-state index is 0.217. The number of carbonyl (C=O) groups is 1. The number of benzene rings is 4. The van der Waals surface area contributed by atoms with Crippen molar-refractivity contribution >= 4 is 62.9 Å². The maximum Gasteiger partial charge on any atom is 0.282 e. The number of anilines is 1. The molecule has 0 bridgehead atoms. The minimum atomic E-state index is -0.365. The Morgan fingerprint density at radius 2 is 1.83 bits per heavy atom. The van der Waals surface area contributed by atoms with E-state index in [1.165, 1.54) is 10.9 Å². The average Bonchev–Trinajstić information content (AvgIpc) is 3.40. The van der Waals surface area contributed by atoms with Crippen LogP contribution < -0.4 is 15.6 Å². The summed E-state index contributed by atoms with van der Waals surface area (Å²) in [6.07, 6.45) is 1.49. The largest absolute Gasteiger partial charge is 0.482 e. The van der Waals surface area contributed by atoms with Gasteiger partial charge in [-0.05, 0) is 78.7 Å². The lowest BCUT2D eigenvalue weighted by molar-refractivity contribution is -0.118. The molecule has 0 spiro atoms. The van der Waals surface area contributed by atoms with Crippen LogP contribution in [-0.2, 0) is 4.79 Å². The number of amides is 1. The fourth-order valence-electron chi connectivity index (χ4n) is 4.40. The van der Waals surface area contributed by atoms with Gasteiger partial charge in [-0.25, -0.2) is 4.98 Å². The number of carbonyl (C=O) groups excluding carboxylic acids is 1. The van der Waals surface area contributed by atoms with Gasteiger partial charge in [0.1, 0.15) is 11.3 Å². The second-order valence-electron chi connectivity index (χ2n) is 9.45. The highest BCUT2D eigenvalue weighted by molar-refractivity contribution is 6.32. The molecule has 1 amide bonds. The van der Waals surface area contributed by atoms with Crippen molar-refractivity contribution in [1.29, 1.82) is 0 Å². The Bertz CT molecular complexity index is 2070. The van der Waals surface area contributed by atoms with Crippen LogP contribution in [-0.4, -0.2) is 28.4 Å². The summed E-state index contributed by atoms with van der Waals surface area (Å²) < 4.78 is 12.8. The lowest BCUT2D eigenvalue weighted by Crippen LogP contribution is -2.20. The average molecular weight is 597 g/mol. The number of rotatable bonds is 7. The molecule has 0 fully saturated rings.